The van der Waals surface area contributed by atoms with Crippen LogP contribution in [0.5, 0.6) is 0 Å². The van der Waals surface area contributed by atoms with Gasteiger partial charge in [-0.3, -0.25) is 4.79 Å². The van der Waals surface area contributed by atoms with Crippen LogP contribution in [0.15, 0.2) is 38.6 Å². The summed E-state index contributed by atoms with van der Waals surface area (Å²) in [4.78, 5) is 13.2. The summed E-state index contributed by atoms with van der Waals surface area (Å²) >= 11 is 10.6. The molecule has 0 aliphatic rings. The topological polar surface area (TPSA) is 29.1 Å². The molecule has 0 saturated carbocycles. The first-order valence-corrected chi connectivity index (χ1v) is 8.52. The van der Waals surface area contributed by atoms with Gasteiger partial charge in [0.2, 0.25) is 0 Å². The van der Waals surface area contributed by atoms with E-state index in [4.69, 9.17) is 0 Å². The number of carbonyl (C=O) groups is 1. The monoisotopic (exact) mass is 499 g/mol. The average molecular weight is 501 g/mol. The van der Waals surface area contributed by atoms with Crippen LogP contribution in [0.1, 0.15) is 15.2 Å². The van der Waals surface area contributed by atoms with Crippen LogP contribution in [0, 0.1) is 3.57 Å². The lowest BCUT2D eigenvalue weighted by Crippen LogP contribution is -2.22. The van der Waals surface area contributed by atoms with Crippen LogP contribution < -0.4 is 5.32 Å². The summed E-state index contributed by atoms with van der Waals surface area (Å²) in [7, 11) is 0. The van der Waals surface area contributed by atoms with E-state index in [1.54, 1.807) is 11.3 Å². The lowest BCUT2D eigenvalue weighted by molar-refractivity contribution is 0.0950. The fourth-order valence-electron chi connectivity index (χ4n) is 1.38. The summed E-state index contributed by atoms with van der Waals surface area (Å²) in [5, 5.41) is 2.91. The molecule has 0 atom stereocenters. The van der Waals surface area contributed by atoms with Gasteiger partial charge in [0, 0.05) is 12.9 Å². The normalized spacial score (nSPS) is 10.4. The van der Waals surface area contributed by atoms with Crippen LogP contribution in [-0.4, -0.2) is 5.91 Å². The van der Waals surface area contributed by atoms with Crippen molar-refractivity contribution in [3.05, 3.63) is 52.6 Å². The van der Waals surface area contributed by atoms with Crippen LogP contribution in [0.4, 0.5) is 0 Å². The van der Waals surface area contributed by atoms with Crippen molar-refractivity contribution in [2.45, 2.75) is 6.54 Å². The first-order chi connectivity index (χ1) is 8.56. The quantitative estimate of drug-likeness (QED) is 0.602. The second-order valence-electron chi connectivity index (χ2n) is 3.51. The molecule has 1 N–H and O–H groups in total. The number of hydrogen-bond donors (Lipinski definition) is 1. The van der Waals surface area contributed by atoms with Gasteiger partial charge in [0.1, 0.15) is 0 Å². The third-order valence-corrected chi connectivity index (χ3v) is 5.21. The number of amides is 1. The number of carbonyl (C=O) groups excluding carboxylic acids is 1. The van der Waals surface area contributed by atoms with Crippen molar-refractivity contribution in [1.82, 2.24) is 5.32 Å². The van der Waals surface area contributed by atoms with E-state index in [0.717, 1.165) is 16.7 Å². The number of rotatable bonds is 3. The minimum Gasteiger partial charge on any atom is -0.347 e. The fourth-order valence-corrected chi connectivity index (χ4v) is 3.72. The van der Waals surface area contributed by atoms with Gasteiger partial charge in [-0.05, 0) is 84.8 Å². The van der Waals surface area contributed by atoms with E-state index in [0.29, 0.717) is 12.1 Å². The zero-order valence-corrected chi connectivity index (χ0v) is 15.2. The van der Waals surface area contributed by atoms with Crippen molar-refractivity contribution >= 4 is 71.7 Å². The third kappa shape index (κ3) is 3.79. The minimum atomic E-state index is -0.0649. The number of hydrogen-bond acceptors (Lipinski definition) is 2. The molecule has 0 aliphatic carbocycles. The van der Waals surface area contributed by atoms with Gasteiger partial charge in [-0.1, -0.05) is 0 Å². The number of thiophene rings is 1. The van der Waals surface area contributed by atoms with Crippen LogP contribution in [-0.2, 0) is 6.54 Å². The Balaban J connectivity index is 2.05. The zero-order chi connectivity index (χ0) is 13.1. The first-order valence-electron chi connectivity index (χ1n) is 5.04. The Morgan fingerprint density at radius 2 is 2.06 bits per heavy atom. The average Bonchev–Trinajstić information content (AvgIpc) is 2.75. The standard InChI is InChI=1S/C12H8Br2INOS/c13-10-3-1-7(15)5-9(10)12(17)16-6-8-2-4-11(14)18-8/h1-5H,6H2,(H,16,17). The van der Waals surface area contributed by atoms with E-state index in [1.165, 1.54) is 0 Å². The third-order valence-electron chi connectivity index (χ3n) is 2.23. The second kappa shape index (κ2) is 6.49. The highest BCUT2D eigenvalue weighted by atomic mass is 127. The molecule has 0 fully saturated rings. The van der Waals surface area contributed by atoms with Gasteiger partial charge >= 0.3 is 0 Å². The Morgan fingerprint density at radius 3 is 2.72 bits per heavy atom. The maximum Gasteiger partial charge on any atom is 0.252 e. The molecule has 1 heterocycles. The van der Waals surface area contributed by atoms with Crippen molar-refractivity contribution in [1.29, 1.82) is 0 Å². The molecule has 1 amide bonds. The molecule has 2 rings (SSSR count). The van der Waals surface area contributed by atoms with E-state index >= 15 is 0 Å². The zero-order valence-electron chi connectivity index (χ0n) is 9.04. The van der Waals surface area contributed by atoms with Gasteiger partial charge in [-0.2, -0.15) is 0 Å². The predicted octanol–water partition coefficient (Wildman–Crippen LogP) is 4.81. The molecule has 18 heavy (non-hydrogen) atoms. The van der Waals surface area contributed by atoms with Gasteiger partial charge in [0.25, 0.3) is 5.91 Å². The van der Waals surface area contributed by atoms with E-state index in [9.17, 15) is 4.79 Å². The molecule has 2 nitrogen and oxygen atoms in total. The Kier molecular flexibility index (Phi) is 5.23. The number of halogens is 3. The highest BCUT2D eigenvalue weighted by molar-refractivity contribution is 14.1. The Bertz CT molecular complexity index is 585. The molecule has 0 radical (unpaired) electrons. The largest absolute Gasteiger partial charge is 0.347 e. The van der Waals surface area contributed by atoms with Crippen molar-refractivity contribution in [3.63, 3.8) is 0 Å². The SMILES string of the molecule is O=C(NCc1ccc(Br)s1)c1cc(I)ccc1Br. The molecule has 6 heteroatoms. The molecular weight excluding hydrogens is 493 g/mol. The van der Waals surface area contributed by atoms with E-state index < -0.39 is 0 Å². The Labute approximate surface area is 140 Å². The summed E-state index contributed by atoms with van der Waals surface area (Å²) in [6, 6.07) is 9.69. The number of nitrogens with one attached hydrogen (secondary N) is 1. The van der Waals surface area contributed by atoms with Crippen LogP contribution >= 0.6 is 65.8 Å². The molecular formula is C12H8Br2INOS. The maximum atomic E-state index is 12.0. The van der Waals surface area contributed by atoms with E-state index in [2.05, 4.69) is 59.8 Å². The lowest BCUT2D eigenvalue weighted by atomic mass is 10.2. The number of benzene rings is 1. The van der Waals surface area contributed by atoms with Gasteiger partial charge in [-0.15, -0.1) is 11.3 Å². The Morgan fingerprint density at radius 1 is 1.28 bits per heavy atom. The summed E-state index contributed by atoms with van der Waals surface area (Å²) in [5.41, 5.74) is 0.664. The van der Waals surface area contributed by atoms with Crippen molar-refractivity contribution < 1.29 is 4.79 Å². The van der Waals surface area contributed by atoms with Crippen molar-refractivity contribution in [2.24, 2.45) is 0 Å². The highest BCUT2D eigenvalue weighted by Crippen LogP contribution is 2.22. The maximum absolute atomic E-state index is 12.0. The van der Waals surface area contributed by atoms with Gasteiger partial charge in [0.05, 0.1) is 15.9 Å². The highest BCUT2D eigenvalue weighted by Gasteiger charge is 2.10. The summed E-state index contributed by atoms with van der Waals surface area (Å²) in [5.74, 6) is -0.0649. The molecule has 94 valence electrons. The molecule has 0 spiro atoms. The van der Waals surface area contributed by atoms with Gasteiger partial charge in [-0.25, -0.2) is 0 Å². The van der Waals surface area contributed by atoms with Gasteiger partial charge < -0.3 is 5.32 Å². The summed E-state index contributed by atoms with van der Waals surface area (Å²) in [6.07, 6.45) is 0. The summed E-state index contributed by atoms with van der Waals surface area (Å²) < 4.78 is 2.93. The van der Waals surface area contributed by atoms with E-state index in [1.807, 2.05) is 30.3 Å². The van der Waals surface area contributed by atoms with Crippen LogP contribution in [0.25, 0.3) is 0 Å². The molecule has 0 bridgehead atoms. The smallest absolute Gasteiger partial charge is 0.252 e. The van der Waals surface area contributed by atoms with Crippen molar-refractivity contribution in [3.8, 4) is 0 Å². The molecule has 1 aromatic carbocycles. The van der Waals surface area contributed by atoms with E-state index in [-0.39, 0.29) is 5.91 Å². The summed E-state index contributed by atoms with van der Waals surface area (Å²) in [6.45, 7) is 0.549. The predicted molar refractivity (Wildman–Crippen MR) is 90.0 cm³/mol. The molecule has 2 aromatic rings. The van der Waals surface area contributed by atoms with Gasteiger partial charge in [0.15, 0.2) is 0 Å². The Hall–Kier alpha value is 0.0800. The van der Waals surface area contributed by atoms with Crippen LogP contribution in [0.3, 0.4) is 0 Å². The molecule has 1 aromatic heterocycles. The lowest BCUT2D eigenvalue weighted by Gasteiger charge is -2.06. The fraction of sp³-hybridized carbons (Fsp3) is 0.0833. The molecule has 0 saturated heterocycles. The van der Waals surface area contributed by atoms with Crippen molar-refractivity contribution in [2.75, 3.05) is 0 Å². The first kappa shape index (κ1) is 14.5. The molecule has 0 unspecified atom stereocenters. The molecule has 0 aliphatic heterocycles. The minimum absolute atomic E-state index is 0.0649. The second-order valence-corrected chi connectivity index (χ2v) is 8.16. The van der Waals surface area contributed by atoms with Crippen LogP contribution in [0.2, 0.25) is 0 Å².